The van der Waals surface area contributed by atoms with Crippen LogP contribution in [0, 0.1) is 12.7 Å². The molecule has 0 saturated carbocycles. The smallest absolute Gasteiger partial charge is 0.258 e. The van der Waals surface area contributed by atoms with Crippen LogP contribution in [0.15, 0.2) is 18.5 Å². The third-order valence-corrected chi connectivity index (χ3v) is 6.19. The number of carbonyl (C=O) groups is 1. The second-order valence-corrected chi connectivity index (χ2v) is 9.24. The summed E-state index contributed by atoms with van der Waals surface area (Å²) in [5.41, 5.74) is 7.81. The summed E-state index contributed by atoms with van der Waals surface area (Å²) in [4.78, 5) is 22.1. The van der Waals surface area contributed by atoms with Gasteiger partial charge in [0.2, 0.25) is 0 Å². The molecule has 1 aliphatic rings. The van der Waals surface area contributed by atoms with Gasteiger partial charge in [-0.2, -0.15) is 0 Å². The maximum atomic E-state index is 15.3. The monoisotopic (exact) mass is 489 g/mol. The van der Waals surface area contributed by atoms with E-state index in [1.165, 1.54) is 6.07 Å². The first-order valence-corrected chi connectivity index (χ1v) is 11.7. The van der Waals surface area contributed by atoms with Crippen LogP contribution in [-0.4, -0.2) is 45.6 Å². The highest BCUT2D eigenvalue weighted by Crippen LogP contribution is 2.40. The first kappa shape index (κ1) is 24.2. The zero-order valence-corrected chi connectivity index (χ0v) is 20.4. The fourth-order valence-corrected chi connectivity index (χ4v) is 4.55. The predicted molar refractivity (Wildman–Crippen MR) is 128 cm³/mol. The average Bonchev–Trinajstić information content (AvgIpc) is 3.13. The summed E-state index contributed by atoms with van der Waals surface area (Å²) in [6.07, 6.45) is 4.63. The van der Waals surface area contributed by atoms with Crippen molar-refractivity contribution in [3.63, 3.8) is 0 Å². The second kappa shape index (κ2) is 9.76. The van der Waals surface area contributed by atoms with Gasteiger partial charge in [0, 0.05) is 30.5 Å². The molecule has 0 radical (unpaired) electrons. The van der Waals surface area contributed by atoms with Gasteiger partial charge in [-0.25, -0.2) is 14.4 Å². The van der Waals surface area contributed by atoms with Crippen molar-refractivity contribution in [2.45, 2.75) is 58.6 Å². The van der Waals surface area contributed by atoms with Gasteiger partial charge in [-0.1, -0.05) is 18.5 Å². The van der Waals surface area contributed by atoms with Crippen molar-refractivity contribution in [1.82, 2.24) is 19.7 Å². The van der Waals surface area contributed by atoms with Crippen LogP contribution in [0.1, 0.15) is 67.0 Å². The lowest BCUT2D eigenvalue weighted by atomic mass is 9.95. The Hall–Kier alpha value is -2.91. The molecule has 3 N–H and O–H groups in total. The van der Waals surface area contributed by atoms with E-state index in [1.54, 1.807) is 12.4 Å². The van der Waals surface area contributed by atoms with Crippen LogP contribution >= 0.6 is 11.6 Å². The highest BCUT2D eigenvalue weighted by molar-refractivity contribution is 6.31. The molecule has 1 unspecified atom stereocenters. The summed E-state index contributed by atoms with van der Waals surface area (Å²) in [5, 5.41) is 2.71. The minimum Gasteiger partial charge on any atom is -0.490 e. The van der Waals surface area contributed by atoms with Gasteiger partial charge in [-0.05, 0) is 39.7 Å². The molecule has 1 aromatic carbocycles. The Balaban J connectivity index is 1.84. The standard InChI is InChI=1S/C24H29ClFN5O3/c1-12(2)34-21-16(13(3)23-29-14(4)20-22(27)28-7-8-31(20)23)10-17(25)19(26)18(21)24(32)30-15-6-5-9-33-11-15/h7-8,10,12-13,15H,5-6,9,11H2,1-4H3,(H2,27,28)(H,30,32)/t13?,15-/m1/s1. The van der Waals surface area contributed by atoms with E-state index in [1.807, 2.05) is 32.1 Å². The number of amides is 1. The number of hydrogen-bond donors (Lipinski definition) is 2. The first-order chi connectivity index (χ1) is 16.2. The Bertz CT molecular complexity index is 1220. The Morgan fingerprint density at radius 2 is 2.18 bits per heavy atom. The number of nitrogens with zero attached hydrogens (tertiary/aromatic N) is 3. The fraction of sp³-hybridized carbons (Fsp3) is 0.458. The molecule has 4 rings (SSSR count). The molecule has 0 spiro atoms. The lowest BCUT2D eigenvalue weighted by Crippen LogP contribution is -2.41. The molecular formula is C24H29ClFN5O3. The summed E-state index contributed by atoms with van der Waals surface area (Å²) in [6.45, 7) is 8.42. The largest absolute Gasteiger partial charge is 0.490 e. The molecule has 2 aromatic heterocycles. The van der Waals surface area contributed by atoms with Crippen LogP contribution in [0.2, 0.25) is 5.02 Å². The number of hydrogen-bond acceptors (Lipinski definition) is 6. The molecule has 1 aliphatic heterocycles. The van der Waals surface area contributed by atoms with Gasteiger partial charge < -0.3 is 20.5 Å². The normalized spacial score (nSPS) is 17.2. The van der Waals surface area contributed by atoms with E-state index in [0.29, 0.717) is 41.6 Å². The van der Waals surface area contributed by atoms with Gasteiger partial charge >= 0.3 is 0 Å². The zero-order valence-electron chi connectivity index (χ0n) is 19.7. The first-order valence-electron chi connectivity index (χ1n) is 11.3. The third kappa shape index (κ3) is 4.54. The molecule has 3 aromatic rings. The Morgan fingerprint density at radius 1 is 1.41 bits per heavy atom. The van der Waals surface area contributed by atoms with Crippen molar-refractivity contribution >= 4 is 28.8 Å². The number of nitrogens with two attached hydrogens (primary N) is 1. The molecule has 3 heterocycles. The highest BCUT2D eigenvalue weighted by Gasteiger charge is 2.31. The third-order valence-electron chi connectivity index (χ3n) is 5.92. The summed E-state index contributed by atoms with van der Waals surface area (Å²) in [6, 6.07) is 1.29. The molecule has 182 valence electrons. The number of rotatable bonds is 6. The van der Waals surface area contributed by atoms with Gasteiger partial charge in [-0.3, -0.25) is 9.20 Å². The predicted octanol–water partition coefficient (Wildman–Crippen LogP) is 4.26. The number of nitrogen functional groups attached to an aromatic ring is 1. The number of aryl methyl sites for hydroxylation is 1. The molecular weight excluding hydrogens is 461 g/mol. The van der Waals surface area contributed by atoms with E-state index in [-0.39, 0.29) is 28.5 Å². The van der Waals surface area contributed by atoms with Gasteiger partial charge in [-0.15, -0.1) is 0 Å². The Labute approximate surface area is 202 Å². The fourth-order valence-electron chi connectivity index (χ4n) is 4.34. The molecule has 1 fully saturated rings. The number of anilines is 1. The summed E-state index contributed by atoms with van der Waals surface area (Å²) in [5.74, 6) is -0.659. The number of benzene rings is 1. The second-order valence-electron chi connectivity index (χ2n) is 8.83. The molecule has 1 amide bonds. The van der Waals surface area contributed by atoms with Crippen LogP contribution in [-0.2, 0) is 4.74 Å². The van der Waals surface area contributed by atoms with E-state index in [4.69, 9.17) is 31.8 Å². The van der Waals surface area contributed by atoms with Crippen molar-refractivity contribution < 1.29 is 18.7 Å². The van der Waals surface area contributed by atoms with E-state index in [0.717, 1.165) is 12.8 Å². The molecule has 8 nitrogen and oxygen atoms in total. The number of fused-ring (bicyclic) bond motifs is 1. The quantitative estimate of drug-likeness (QED) is 0.536. The number of carbonyl (C=O) groups excluding carboxylic acids is 1. The van der Waals surface area contributed by atoms with Crippen LogP contribution < -0.4 is 15.8 Å². The van der Waals surface area contributed by atoms with Crippen LogP contribution in [0.25, 0.3) is 5.52 Å². The number of imidazole rings is 1. The lowest BCUT2D eigenvalue weighted by Gasteiger charge is -2.26. The van der Waals surface area contributed by atoms with Gasteiger partial charge in [0.1, 0.15) is 28.5 Å². The Morgan fingerprint density at radius 3 is 2.85 bits per heavy atom. The lowest BCUT2D eigenvalue weighted by molar-refractivity contribution is 0.0620. The summed E-state index contributed by atoms with van der Waals surface area (Å²) >= 11 is 6.30. The summed E-state index contributed by atoms with van der Waals surface area (Å²) in [7, 11) is 0. The van der Waals surface area contributed by atoms with Crippen LogP contribution in [0.3, 0.4) is 0 Å². The van der Waals surface area contributed by atoms with E-state index < -0.39 is 17.6 Å². The van der Waals surface area contributed by atoms with Crippen molar-refractivity contribution in [3.05, 3.63) is 51.9 Å². The topological polar surface area (TPSA) is 104 Å². The molecule has 0 bridgehead atoms. The minimum absolute atomic E-state index is 0.148. The molecule has 10 heteroatoms. The van der Waals surface area contributed by atoms with E-state index in [9.17, 15) is 4.79 Å². The maximum absolute atomic E-state index is 15.3. The zero-order chi connectivity index (χ0) is 24.6. The van der Waals surface area contributed by atoms with Crippen molar-refractivity contribution in [1.29, 1.82) is 0 Å². The average molecular weight is 490 g/mol. The number of nitrogens with one attached hydrogen (secondary N) is 1. The number of aromatic nitrogens is 3. The van der Waals surface area contributed by atoms with Crippen LogP contribution in [0.5, 0.6) is 5.75 Å². The molecule has 0 aliphatic carbocycles. The molecule has 34 heavy (non-hydrogen) atoms. The Kier molecular flexibility index (Phi) is 6.95. The van der Waals surface area contributed by atoms with Gasteiger partial charge in [0.25, 0.3) is 5.91 Å². The van der Waals surface area contributed by atoms with Crippen molar-refractivity contribution in [2.24, 2.45) is 0 Å². The molecule has 1 saturated heterocycles. The number of halogens is 2. The summed E-state index contributed by atoms with van der Waals surface area (Å²) < 4.78 is 28.7. The molecule has 2 atom stereocenters. The van der Waals surface area contributed by atoms with E-state index in [2.05, 4.69) is 10.3 Å². The van der Waals surface area contributed by atoms with Gasteiger partial charge in [0.05, 0.1) is 29.5 Å². The van der Waals surface area contributed by atoms with Crippen molar-refractivity contribution in [2.75, 3.05) is 18.9 Å². The van der Waals surface area contributed by atoms with Crippen molar-refractivity contribution in [3.8, 4) is 5.75 Å². The number of ether oxygens (including phenoxy) is 2. The van der Waals surface area contributed by atoms with Crippen LogP contribution in [0.4, 0.5) is 10.2 Å². The SMILES string of the molecule is Cc1nc(C(C)c2cc(Cl)c(F)c(C(=O)N[C@@H]3CCCOC3)c2OC(C)C)n2ccnc(N)c12. The highest BCUT2D eigenvalue weighted by atomic mass is 35.5. The minimum atomic E-state index is -0.819. The van der Waals surface area contributed by atoms with E-state index >= 15 is 4.39 Å². The van der Waals surface area contributed by atoms with Gasteiger partial charge in [0.15, 0.2) is 5.82 Å². The maximum Gasteiger partial charge on any atom is 0.258 e.